The molecular weight excluding hydrogens is 314 g/mol. The van der Waals surface area contributed by atoms with E-state index in [0.29, 0.717) is 22.9 Å². The molecule has 118 valence electrons. The van der Waals surface area contributed by atoms with E-state index < -0.39 is 0 Å². The summed E-state index contributed by atoms with van der Waals surface area (Å²) < 4.78 is 4.90. The molecule has 5 heteroatoms. The minimum atomic E-state index is -0.385. The van der Waals surface area contributed by atoms with Gasteiger partial charge in [-0.2, -0.15) is 0 Å². The van der Waals surface area contributed by atoms with Crippen molar-refractivity contribution in [2.45, 2.75) is 6.92 Å². The summed E-state index contributed by atoms with van der Waals surface area (Å²) in [6.07, 6.45) is 3.05. The van der Waals surface area contributed by atoms with Gasteiger partial charge in [-0.15, -0.1) is 0 Å². The molecular formula is C18H16ClNO3. The Balaban J connectivity index is 1.98. The van der Waals surface area contributed by atoms with Crippen LogP contribution in [-0.2, 0) is 9.53 Å². The van der Waals surface area contributed by atoms with E-state index in [4.69, 9.17) is 16.3 Å². The van der Waals surface area contributed by atoms with Gasteiger partial charge in [-0.05, 0) is 48.9 Å². The van der Waals surface area contributed by atoms with Gasteiger partial charge in [0.1, 0.15) is 0 Å². The third kappa shape index (κ3) is 4.97. The maximum absolute atomic E-state index is 11.9. The molecule has 4 nitrogen and oxygen atoms in total. The molecule has 0 aromatic heterocycles. The van der Waals surface area contributed by atoms with Gasteiger partial charge in [-0.25, -0.2) is 4.79 Å². The Labute approximate surface area is 139 Å². The van der Waals surface area contributed by atoms with E-state index in [2.05, 4.69) is 5.32 Å². The number of amides is 1. The Hall–Kier alpha value is -2.59. The number of anilines is 1. The molecule has 0 aliphatic heterocycles. The van der Waals surface area contributed by atoms with Crippen LogP contribution in [0.25, 0.3) is 6.08 Å². The third-order valence-corrected chi connectivity index (χ3v) is 3.33. The van der Waals surface area contributed by atoms with E-state index in [1.165, 1.54) is 6.08 Å². The number of hydrogen-bond acceptors (Lipinski definition) is 3. The minimum Gasteiger partial charge on any atom is -0.462 e. The lowest BCUT2D eigenvalue weighted by atomic mass is 10.2. The van der Waals surface area contributed by atoms with Crippen molar-refractivity contribution < 1.29 is 14.3 Å². The summed E-state index contributed by atoms with van der Waals surface area (Å²) in [6, 6.07) is 13.7. The maximum Gasteiger partial charge on any atom is 0.338 e. The number of halogens is 1. The highest BCUT2D eigenvalue weighted by molar-refractivity contribution is 6.32. The normalized spacial score (nSPS) is 10.5. The van der Waals surface area contributed by atoms with Gasteiger partial charge in [-0.1, -0.05) is 29.8 Å². The smallest absolute Gasteiger partial charge is 0.338 e. The minimum absolute atomic E-state index is 0.284. The van der Waals surface area contributed by atoms with Crippen LogP contribution in [0.1, 0.15) is 22.8 Å². The first-order valence-corrected chi connectivity index (χ1v) is 7.48. The van der Waals surface area contributed by atoms with Gasteiger partial charge >= 0.3 is 5.97 Å². The Morgan fingerprint density at radius 2 is 1.83 bits per heavy atom. The standard InChI is InChI=1S/C18H16ClNO3/c1-2-23-18(22)14-7-10-15(11-8-14)20-17(21)12-9-13-5-3-4-6-16(13)19/h3-12H,2H2,1H3,(H,20,21)/b12-9+. The summed E-state index contributed by atoms with van der Waals surface area (Å²) in [5.74, 6) is -0.669. The zero-order valence-electron chi connectivity index (χ0n) is 12.6. The van der Waals surface area contributed by atoms with E-state index in [1.54, 1.807) is 43.3 Å². The molecule has 23 heavy (non-hydrogen) atoms. The molecule has 2 aromatic rings. The van der Waals surface area contributed by atoms with Crippen LogP contribution >= 0.6 is 11.6 Å². The second kappa shape index (κ2) is 8.15. The molecule has 0 aliphatic carbocycles. The number of nitrogens with one attached hydrogen (secondary N) is 1. The Bertz CT molecular complexity index is 723. The molecule has 0 bridgehead atoms. The van der Waals surface area contributed by atoms with E-state index in [-0.39, 0.29) is 11.9 Å². The topological polar surface area (TPSA) is 55.4 Å². The molecule has 0 saturated carbocycles. The molecule has 1 N–H and O–H groups in total. The average Bonchev–Trinajstić information content (AvgIpc) is 2.55. The molecule has 2 aromatic carbocycles. The highest BCUT2D eigenvalue weighted by Crippen LogP contribution is 2.16. The highest BCUT2D eigenvalue weighted by atomic mass is 35.5. The van der Waals surface area contributed by atoms with Crippen LogP contribution in [0.5, 0.6) is 0 Å². The van der Waals surface area contributed by atoms with Gasteiger partial charge in [0.2, 0.25) is 5.91 Å². The first-order chi connectivity index (χ1) is 11.1. The summed E-state index contributed by atoms with van der Waals surface area (Å²) in [5, 5.41) is 3.29. The van der Waals surface area contributed by atoms with Crippen LogP contribution in [0.2, 0.25) is 5.02 Å². The molecule has 0 unspecified atom stereocenters. The van der Waals surface area contributed by atoms with Crippen molar-refractivity contribution in [1.29, 1.82) is 0 Å². The molecule has 0 fully saturated rings. The van der Waals surface area contributed by atoms with Crippen LogP contribution in [0.3, 0.4) is 0 Å². The molecule has 0 aliphatic rings. The van der Waals surface area contributed by atoms with E-state index in [9.17, 15) is 9.59 Å². The SMILES string of the molecule is CCOC(=O)c1ccc(NC(=O)/C=C/c2ccccc2Cl)cc1. The summed E-state index contributed by atoms with van der Waals surface area (Å²) in [6.45, 7) is 2.07. The van der Waals surface area contributed by atoms with Gasteiger partial charge in [0.15, 0.2) is 0 Å². The molecule has 0 saturated heterocycles. The Kier molecular flexibility index (Phi) is 5.94. The number of benzene rings is 2. The average molecular weight is 330 g/mol. The van der Waals surface area contributed by atoms with Crippen molar-refractivity contribution >= 4 is 35.2 Å². The number of rotatable bonds is 5. The lowest BCUT2D eigenvalue weighted by Gasteiger charge is -2.04. The maximum atomic E-state index is 11.9. The van der Waals surface area contributed by atoms with Crippen LogP contribution < -0.4 is 5.32 Å². The van der Waals surface area contributed by atoms with Crippen molar-refractivity contribution in [3.8, 4) is 0 Å². The zero-order valence-corrected chi connectivity index (χ0v) is 13.3. The highest BCUT2D eigenvalue weighted by Gasteiger charge is 2.06. The largest absolute Gasteiger partial charge is 0.462 e. The first-order valence-electron chi connectivity index (χ1n) is 7.11. The number of carbonyl (C=O) groups is 2. The number of carbonyl (C=O) groups excluding carboxylic acids is 2. The van der Waals surface area contributed by atoms with E-state index in [1.807, 2.05) is 18.2 Å². The lowest BCUT2D eigenvalue weighted by Crippen LogP contribution is -2.08. The van der Waals surface area contributed by atoms with Crippen molar-refractivity contribution in [2.75, 3.05) is 11.9 Å². The molecule has 0 spiro atoms. The van der Waals surface area contributed by atoms with Crippen LogP contribution in [0, 0.1) is 0 Å². The second-order valence-electron chi connectivity index (χ2n) is 4.64. The number of esters is 1. The van der Waals surface area contributed by atoms with Crippen LogP contribution in [0.15, 0.2) is 54.6 Å². The van der Waals surface area contributed by atoms with Crippen LogP contribution in [-0.4, -0.2) is 18.5 Å². The lowest BCUT2D eigenvalue weighted by molar-refractivity contribution is -0.111. The molecule has 2 rings (SSSR count). The van der Waals surface area contributed by atoms with Crippen molar-refractivity contribution in [2.24, 2.45) is 0 Å². The quantitative estimate of drug-likeness (QED) is 0.661. The predicted molar refractivity (Wildman–Crippen MR) is 91.5 cm³/mol. The second-order valence-corrected chi connectivity index (χ2v) is 5.05. The van der Waals surface area contributed by atoms with Crippen LogP contribution in [0.4, 0.5) is 5.69 Å². The van der Waals surface area contributed by atoms with Crippen molar-refractivity contribution in [3.63, 3.8) is 0 Å². The fourth-order valence-electron chi connectivity index (χ4n) is 1.86. The summed E-state index contributed by atoms with van der Waals surface area (Å²) >= 11 is 6.01. The third-order valence-electron chi connectivity index (χ3n) is 2.98. The fourth-order valence-corrected chi connectivity index (χ4v) is 2.06. The van der Waals surface area contributed by atoms with Gasteiger partial charge < -0.3 is 10.1 Å². The summed E-state index contributed by atoms with van der Waals surface area (Å²) in [4.78, 5) is 23.4. The first kappa shape index (κ1) is 16.8. The monoisotopic (exact) mass is 329 g/mol. The van der Waals surface area contributed by atoms with Crippen molar-refractivity contribution in [1.82, 2.24) is 0 Å². The molecule has 0 radical (unpaired) electrons. The molecule has 0 atom stereocenters. The fraction of sp³-hybridized carbons (Fsp3) is 0.111. The Morgan fingerprint density at radius 3 is 2.48 bits per heavy atom. The van der Waals surface area contributed by atoms with E-state index in [0.717, 1.165) is 5.56 Å². The van der Waals surface area contributed by atoms with Gasteiger partial charge in [0.25, 0.3) is 0 Å². The van der Waals surface area contributed by atoms with Gasteiger partial charge in [0.05, 0.1) is 12.2 Å². The molecule has 1 amide bonds. The van der Waals surface area contributed by atoms with Crippen molar-refractivity contribution in [3.05, 3.63) is 70.8 Å². The summed E-state index contributed by atoms with van der Waals surface area (Å²) in [7, 11) is 0. The van der Waals surface area contributed by atoms with Gasteiger partial charge in [-0.3, -0.25) is 4.79 Å². The zero-order chi connectivity index (χ0) is 16.7. The molecule has 0 heterocycles. The number of hydrogen-bond donors (Lipinski definition) is 1. The van der Waals surface area contributed by atoms with E-state index >= 15 is 0 Å². The van der Waals surface area contributed by atoms with Gasteiger partial charge in [0, 0.05) is 16.8 Å². The number of ether oxygens (including phenoxy) is 1. The predicted octanol–water partition coefficient (Wildman–Crippen LogP) is 4.17. The summed E-state index contributed by atoms with van der Waals surface area (Å²) in [5.41, 5.74) is 1.80. The Morgan fingerprint density at radius 1 is 1.13 bits per heavy atom.